The molecule has 0 radical (unpaired) electrons. The summed E-state index contributed by atoms with van der Waals surface area (Å²) in [7, 11) is 1.70. The molecule has 0 saturated carbocycles. The van der Waals surface area contributed by atoms with Crippen LogP contribution in [0.15, 0.2) is 36.5 Å². The van der Waals surface area contributed by atoms with Crippen molar-refractivity contribution in [3.8, 4) is 5.75 Å². The summed E-state index contributed by atoms with van der Waals surface area (Å²) in [5.41, 5.74) is 2.64. The quantitative estimate of drug-likeness (QED) is 0.573. The van der Waals surface area contributed by atoms with Gasteiger partial charge >= 0.3 is 0 Å². The van der Waals surface area contributed by atoms with Gasteiger partial charge in [0.15, 0.2) is 0 Å². The SMILES string of the molecule is CCn1ccc(C(=O)/C=C/c2ccc(OC)c(CN3CCCC3)c2)n1. The molecule has 0 bridgehead atoms. The molecule has 1 aliphatic rings. The molecule has 0 spiro atoms. The smallest absolute Gasteiger partial charge is 0.206 e. The Morgan fingerprint density at radius 1 is 1.28 bits per heavy atom. The molecule has 2 aromatic rings. The molecule has 132 valence electrons. The first-order valence-electron chi connectivity index (χ1n) is 8.84. The van der Waals surface area contributed by atoms with Gasteiger partial charge in [0.2, 0.25) is 5.78 Å². The number of nitrogens with zero attached hydrogens (tertiary/aromatic N) is 3. The molecular formula is C20H25N3O2. The van der Waals surface area contributed by atoms with Gasteiger partial charge in [0.25, 0.3) is 0 Å². The number of likely N-dealkylation sites (tertiary alicyclic amines) is 1. The predicted molar refractivity (Wildman–Crippen MR) is 98.8 cm³/mol. The first-order valence-corrected chi connectivity index (χ1v) is 8.84. The average molecular weight is 339 g/mol. The zero-order valence-corrected chi connectivity index (χ0v) is 14.9. The van der Waals surface area contributed by atoms with Gasteiger partial charge < -0.3 is 4.74 Å². The van der Waals surface area contributed by atoms with E-state index in [9.17, 15) is 4.79 Å². The molecule has 1 aromatic carbocycles. The molecule has 3 rings (SSSR count). The molecular weight excluding hydrogens is 314 g/mol. The molecule has 5 heteroatoms. The molecule has 0 aliphatic carbocycles. The Bertz CT molecular complexity index is 758. The van der Waals surface area contributed by atoms with E-state index in [4.69, 9.17) is 4.74 Å². The third-order valence-electron chi connectivity index (χ3n) is 4.54. The second-order valence-electron chi connectivity index (χ2n) is 6.31. The summed E-state index contributed by atoms with van der Waals surface area (Å²) in [4.78, 5) is 14.7. The van der Waals surface area contributed by atoms with Crippen molar-refractivity contribution in [3.63, 3.8) is 0 Å². The largest absolute Gasteiger partial charge is 0.496 e. The summed E-state index contributed by atoms with van der Waals surface area (Å²) in [6, 6.07) is 7.80. The van der Waals surface area contributed by atoms with E-state index in [0.29, 0.717) is 5.69 Å². The van der Waals surface area contributed by atoms with Crippen LogP contribution in [-0.2, 0) is 13.1 Å². The van der Waals surface area contributed by atoms with E-state index in [-0.39, 0.29) is 5.78 Å². The third kappa shape index (κ3) is 4.37. The Morgan fingerprint density at radius 3 is 2.76 bits per heavy atom. The van der Waals surface area contributed by atoms with Crippen LogP contribution in [0.4, 0.5) is 0 Å². The van der Waals surface area contributed by atoms with Crippen LogP contribution in [-0.4, -0.2) is 40.7 Å². The fourth-order valence-electron chi connectivity index (χ4n) is 3.13. The highest BCUT2D eigenvalue weighted by molar-refractivity contribution is 6.05. The van der Waals surface area contributed by atoms with Gasteiger partial charge in [-0.1, -0.05) is 12.1 Å². The summed E-state index contributed by atoms with van der Waals surface area (Å²) in [5.74, 6) is 0.821. The molecule has 0 unspecified atom stereocenters. The van der Waals surface area contributed by atoms with E-state index in [1.807, 2.05) is 31.3 Å². The maximum atomic E-state index is 12.2. The number of hydrogen-bond donors (Lipinski definition) is 0. The number of hydrogen-bond acceptors (Lipinski definition) is 4. The predicted octanol–water partition coefficient (Wildman–Crippen LogP) is 3.40. The van der Waals surface area contributed by atoms with Crippen LogP contribution in [0, 0.1) is 0 Å². The van der Waals surface area contributed by atoms with Crippen LogP contribution in [0.25, 0.3) is 6.08 Å². The summed E-state index contributed by atoms with van der Waals surface area (Å²) in [6.45, 7) is 5.93. The van der Waals surface area contributed by atoms with Gasteiger partial charge in [-0.05, 0) is 62.7 Å². The highest BCUT2D eigenvalue weighted by atomic mass is 16.5. The standard InChI is InChI=1S/C20H25N3O2/c1-3-23-13-10-18(21-23)19(24)8-6-16-7-9-20(25-2)17(14-16)15-22-11-4-5-12-22/h6-10,13-14H,3-5,11-12,15H2,1-2H3/b8-6+. The van der Waals surface area contributed by atoms with Crippen molar-refractivity contribution in [3.05, 3.63) is 53.4 Å². The molecule has 0 N–H and O–H groups in total. The van der Waals surface area contributed by atoms with Crippen LogP contribution >= 0.6 is 0 Å². The highest BCUT2D eigenvalue weighted by Crippen LogP contribution is 2.24. The Balaban J connectivity index is 1.73. The minimum absolute atomic E-state index is 0.0795. The molecule has 1 aromatic heterocycles. The van der Waals surface area contributed by atoms with Crippen molar-refractivity contribution < 1.29 is 9.53 Å². The Kier molecular flexibility index (Phi) is 5.66. The lowest BCUT2D eigenvalue weighted by Crippen LogP contribution is -2.18. The third-order valence-corrected chi connectivity index (χ3v) is 4.54. The minimum atomic E-state index is -0.0795. The summed E-state index contributed by atoms with van der Waals surface area (Å²) in [6.07, 6.45) is 7.79. The van der Waals surface area contributed by atoms with Crippen LogP contribution in [0.5, 0.6) is 5.75 Å². The number of aromatic nitrogens is 2. The van der Waals surface area contributed by atoms with Crippen molar-refractivity contribution in [2.24, 2.45) is 0 Å². The lowest BCUT2D eigenvalue weighted by atomic mass is 10.1. The van der Waals surface area contributed by atoms with Gasteiger partial charge in [0.1, 0.15) is 11.4 Å². The van der Waals surface area contributed by atoms with Crippen molar-refractivity contribution in [1.29, 1.82) is 0 Å². The number of allylic oxidation sites excluding steroid dienone is 1. The van der Waals surface area contributed by atoms with E-state index < -0.39 is 0 Å². The van der Waals surface area contributed by atoms with Gasteiger partial charge in [-0.25, -0.2) is 0 Å². The number of aryl methyl sites for hydroxylation is 1. The maximum absolute atomic E-state index is 12.2. The molecule has 0 amide bonds. The second-order valence-corrected chi connectivity index (χ2v) is 6.31. The van der Waals surface area contributed by atoms with Gasteiger partial charge in [0, 0.05) is 24.8 Å². The molecule has 1 fully saturated rings. The number of ether oxygens (including phenoxy) is 1. The number of carbonyl (C=O) groups excluding carboxylic acids is 1. The van der Waals surface area contributed by atoms with E-state index in [0.717, 1.165) is 43.1 Å². The van der Waals surface area contributed by atoms with Gasteiger partial charge in [0.05, 0.1) is 7.11 Å². The Hall–Kier alpha value is -2.40. The van der Waals surface area contributed by atoms with Crippen molar-refractivity contribution >= 4 is 11.9 Å². The fraction of sp³-hybridized carbons (Fsp3) is 0.400. The first kappa shape index (κ1) is 17.4. The average Bonchev–Trinajstić information content (AvgIpc) is 3.31. The lowest BCUT2D eigenvalue weighted by molar-refractivity contribution is 0.104. The highest BCUT2D eigenvalue weighted by Gasteiger charge is 2.14. The molecule has 25 heavy (non-hydrogen) atoms. The number of benzene rings is 1. The first-order chi connectivity index (χ1) is 12.2. The van der Waals surface area contributed by atoms with Gasteiger partial charge in [-0.15, -0.1) is 0 Å². The van der Waals surface area contributed by atoms with E-state index in [1.165, 1.54) is 12.8 Å². The number of methoxy groups -OCH3 is 1. The van der Waals surface area contributed by atoms with Crippen LogP contribution in [0.3, 0.4) is 0 Å². The molecule has 1 saturated heterocycles. The lowest BCUT2D eigenvalue weighted by Gasteiger charge is -2.17. The molecule has 5 nitrogen and oxygen atoms in total. The van der Waals surface area contributed by atoms with E-state index >= 15 is 0 Å². The normalized spacial score (nSPS) is 15.1. The van der Waals surface area contributed by atoms with E-state index in [2.05, 4.69) is 16.1 Å². The summed E-state index contributed by atoms with van der Waals surface area (Å²) >= 11 is 0. The Morgan fingerprint density at radius 2 is 2.08 bits per heavy atom. The summed E-state index contributed by atoms with van der Waals surface area (Å²) < 4.78 is 7.24. The topological polar surface area (TPSA) is 47.4 Å². The van der Waals surface area contributed by atoms with Gasteiger partial charge in [-0.2, -0.15) is 5.10 Å². The zero-order chi connectivity index (χ0) is 17.6. The van der Waals surface area contributed by atoms with Crippen molar-refractivity contribution in [2.45, 2.75) is 32.9 Å². The number of rotatable bonds is 7. The maximum Gasteiger partial charge on any atom is 0.206 e. The fourth-order valence-corrected chi connectivity index (χ4v) is 3.13. The summed E-state index contributed by atoms with van der Waals surface area (Å²) in [5, 5.41) is 4.24. The van der Waals surface area contributed by atoms with Crippen LogP contribution in [0.1, 0.15) is 41.4 Å². The van der Waals surface area contributed by atoms with Gasteiger partial charge in [-0.3, -0.25) is 14.4 Å². The van der Waals surface area contributed by atoms with Crippen molar-refractivity contribution in [1.82, 2.24) is 14.7 Å². The second kappa shape index (κ2) is 8.12. The Labute approximate surface area is 148 Å². The molecule has 0 atom stereocenters. The van der Waals surface area contributed by atoms with Crippen molar-refractivity contribution in [2.75, 3.05) is 20.2 Å². The molecule has 1 aliphatic heterocycles. The number of carbonyl (C=O) groups is 1. The monoisotopic (exact) mass is 339 g/mol. The molecule has 2 heterocycles. The van der Waals surface area contributed by atoms with Crippen LogP contribution < -0.4 is 4.74 Å². The zero-order valence-electron chi connectivity index (χ0n) is 14.9. The minimum Gasteiger partial charge on any atom is -0.496 e. The van der Waals surface area contributed by atoms with E-state index in [1.54, 1.807) is 23.9 Å². The number of ketones is 1. The van der Waals surface area contributed by atoms with Crippen LogP contribution in [0.2, 0.25) is 0 Å².